The molecular weight excluding hydrogens is 378 g/mol. The summed E-state index contributed by atoms with van der Waals surface area (Å²) in [6.45, 7) is 3.21. The van der Waals surface area contributed by atoms with Crippen LogP contribution in [0.15, 0.2) is 54.6 Å². The van der Waals surface area contributed by atoms with Gasteiger partial charge in [-0.25, -0.2) is 9.97 Å². The highest BCUT2D eigenvalue weighted by molar-refractivity contribution is 6.33. The van der Waals surface area contributed by atoms with E-state index in [0.717, 1.165) is 0 Å². The Kier molecular flexibility index (Phi) is 5.86. The number of carbonyl (C=O) groups excluding carboxylic acids is 2. The van der Waals surface area contributed by atoms with E-state index in [1.54, 1.807) is 61.5 Å². The normalized spacial score (nSPS) is 10.2. The van der Waals surface area contributed by atoms with E-state index in [1.165, 1.54) is 6.92 Å². The van der Waals surface area contributed by atoms with Gasteiger partial charge in [0.05, 0.1) is 10.7 Å². The van der Waals surface area contributed by atoms with Crippen molar-refractivity contribution in [3.8, 4) is 0 Å². The predicted octanol–water partition coefficient (Wildman–Crippen LogP) is 4.39. The molecule has 0 unspecified atom stereocenters. The number of hydrogen-bond donors (Lipinski definition) is 3. The fourth-order valence-corrected chi connectivity index (χ4v) is 2.68. The van der Waals surface area contributed by atoms with Crippen LogP contribution in [0.4, 0.5) is 23.0 Å². The largest absolute Gasteiger partial charge is 0.326 e. The molecule has 0 atom stereocenters. The minimum absolute atomic E-state index is 0.164. The van der Waals surface area contributed by atoms with Crippen molar-refractivity contribution in [1.29, 1.82) is 0 Å². The molecule has 1 heterocycles. The Hall–Kier alpha value is -3.45. The van der Waals surface area contributed by atoms with Gasteiger partial charge < -0.3 is 16.0 Å². The van der Waals surface area contributed by atoms with E-state index < -0.39 is 5.91 Å². The molecule has 0 spiro atoms. The molecule has 0 aliphatic heterocycles. The van der Waals surface area contributed by atoms with E-state index in [0.29, 0.717) is 27.8 Å². The average Bonchev–Trinajstić information content (AvgIpc) is 2.63. The van der Waals surface area contributed by atoms with Gasteiger partial charge in [0.15, 0.2) is 0 Å². The molecule has 0 saturated heterocycles. The average molecular weight is 396 g/mol. The maximum absolute atomic E-state index is 12.6. The van der Waals surface area contributed by atoms with E-state index >= 15 is 0 Å². The van der Waals surface area contributed by atoms with E-state index in [1.807, 2.05) is 0 Å². The van der Waals surface area contributed by atoms with Gasteiger partial charge in [0.25, 0.3) is 5.91 Å². The molecule has 0 bridgehead atoms. The van der Waals surface area contributed by atoms with Crippen molar-refractivity contribution in [1.82, 2.24) is 9.97 Å². The Balaban J connectivity index is 1.81. The van der Waals surface area contributed by atoms with Crippen LogP contribution in [0.3, 0.4) is 0 Å². The minimum Gasteiger partial charge on any atom is -0.326 e. The maximum Gasteiger partial charge on any atom is 0.274 e. The minimum atomic E-state index is -0.395. The van der Waals surface area contributed by atoms with Crippen molar-refractivity contribution >= 4 is 46.4 Å². The highest BCUT2D eigenvalue weighted by Gasteiger charge is 2.13. The SMILES string of the molecule is CC(=O)Nc1cccc(Nc2nc(C)cc(C(=O)Nc3ccccc3Cl)n2)c1. The van der Waals surface area contributed by atoms with Gasteiger partial charge in [-0.1, -0.05) is 29.8 Å². The lowest BCUT2D eigenvalue weighted by atomic mass is 10.2. The zero-order valence-electron chi connectivity index (χ0n) is 15.3. The van der Waals surface area contributed by atoms with Crippen molar-refractivity contribution in [2.45, 2.75) is 13.8 Å². The number of aromatic nitrogens is 2. The zero-order chi connectivity index (χ0) is 20.1. The third-order valence-corrected chi connectivity index (χ3v) is 3.98. The number of aryl methyl sites for hydroxylation is 1. The zero-order valence-corrected chi connectivity index (χ0v) is 16.0. The van der Waals surface area contributed by atoms with E-state index in [9.17, 15) is 9.59 Å². The molecule has 1 aromatic heterocycles. The molecule has 142 valence electrons. The van der Waals surface area contributed by atoms with Crippen LogP contribution in [0.5, 0.6) is 0 Å². The number of para-hydroxylation sites is 1. The van der Waals surface area contributed by atoms with Crippen molar-refractivity contribution in [2.75, 3.05) is 16.0 Å². The molecule has 2 aromatic carbocycles. The second-order valence-electron chi connectivity index (χ2n) is 6.04. The number of carbonyl (C=O) groups is 2. The van der Waals surface area contributed by atoms with Gasteiger partial charge in [0.1, 0.15) is 5.69 Å². The fourth-order valence-electron chi connectivity index (χ4n) is 2.50. The van der Waals surface area contributed by atoms with Crippen molar-refractivity contribution in [3.63, 3.8) is 0 Å². The molecule has 3 N–H and O–H groups in total. The third kappa shape index (κ3) is 5.05. The van der Waals surface area contributed by atoms with Crippen LogP contribution in [0, 0.1) is 6.92 Å². The number of hydrogen-bond acceptors (Lipinski definition) is 5. The van der Waals surface area contributed by atoms with Crippen LogP contribution in [0.2, 0.25) is 5.02 Å². The van der Waals surface area contributed by atoms with Gasteiger partial charge in [-0.15, -0.1) is 0 Å². The van der Waals surface area contributed by atoms with E-state index in [2.05, 4.69) is 25.9 Å². The van der Waals surface area contributed by atoms with Crippen LogP contribution < -0.4 is 16.0 Å². The van der Waals surface area contributed by atoms with Crippen molar-refractivity contribution in [3.05, 3.63) is 71.0 Å². The Labute approximate surface area is 167 Å². The van der Waals surface area contributed by atoms with Crippen LogP contribution in [-0.4, -0.2) is 21.8 Å². The second kappa shape index (κ2) is 8.49. The molecular formula is C20H18ClN5O2. The first-order valence-corrected chi connectivity index (χ1v) is 8.85. The van der Waals surface area contributed by atoms with Gasteiger partial charge in [0, 0.05) is 24.0 Å². The number of amides is 2. The summed E-state index contributed by atoms with van der Waals surface area (Å²) in [4.78, 5) is 32.4. The highest BCUT2D eigenvalue weighted by atomic mass is 35.5. The summed E-state index contributed by atoms with van der Waals surface area (Å²) < 4.78 is 0. The number of nitrogens with one attached hydrogen (secondary N) is 3. The highest BCUT2D eigenvalue weighted by Crippen LogP contribution is 2.22. The lowest BCUT2D eigenvalue weighted by Gasteiger charge is -2.10. The summed E-state index contributed by atoms with van der Waals surface area (Å²) in [5, 5.41) is 8.94. The molecule has 0 fully saturated rings. The van der Waals surface area contributed by atoms with Crippen LogP contribution >= 0.6 is 11.6 Å². The van der Waals surface area contributed by atoms with Gasteiger partial charge in [-0.3, -0.25) is 9.59 Å². The number of nitrogens with zero attached hydrogens (tertiary/aromatic N) is 2. The Morgan fingerprint density at radius 3 is 2.43 bits per heavy atom. The number of anilines is 4. The van der Waals surface area contributed by atoms with Gasteiger partial charge >= 0.3 is 0 Å². The van der Waals surface area contributed by atoms with Crippen LogP contribution in [0.25, 0.3) is 0 Å². The molecule has 2 amide bonds. The summed E-state index contributed by atoms with van der Waals surface area (Å²) in [5.41, 5.74) is 2.65. The molecule has 3 aromatic rings. The fraction of sp³-hybridized carbons (Fsp3) is 0.100. The summed E-state index contributed by atoms with van der Waals surface area (Å²) in [6.07, 6.45) is 0. The van der Waals surface area contributed by atoms with Crippen molar-refractivity contribution < 1.29 is 9.59 Å². The van der Waals surface area contributed by atoms with E-state index in [4.69, 9.17) is 11.6 Å². The number of benzene rings is 2. The lowest BCUT2D eigenvalue weighted by molar-refractivity contribution is -0.114. The molecule has 0 aliphatic carbocycles. The van der Waals surface area contributed by atoms with Crippen molar-refractivity contribution in [2.24, 2.45) is 0 Å². The third-order valence-electron chi connectivity index (χ3n) is 3.65. The standard InChI is InChI=1S/C20H18ClN5O2/c1-12-10-18(19(28)25-17-9-4-3-8-16(17)21)26-20(22-12)24-15-7-5-6-14(11-15)23-13(2)27/h3-11H,1-2H3,(H,23,27)(H,25,28)(H,22,24,26). The molecule has 8 heteroatoms. The molecule has 0 radical (unpaired) electrons. The molecule has 0 aliphatic rings. The van der Waals surface area contributed by atoms with Gasteiger partial charge in [-0.05, 0) is 43.3 Å². The summed E-state index contributed by atoms with van der Waals surface area (Å²) in [7, 11) is 0. The summed E-state index contributed by atoms with van der Waals surface area (Å²) >= 11 is 6.09. The maximum atomic E-state index is 12.6. The molecule has 28 heavy (non-hydrogen) atoms. The Morgan fingerprint density at radius 1 is 0.929 bits per heavy atom. The Bertz CT molecular complexity index is 1040. The first-order valence-electron chi connectivity index (χ1n) is 8.47. The topological polar surface area (TPSA) is 96.0 Å². The predicted molar refractivity (Wildman–Crippen MR) is 110 cm³/mol. The quantitative estimate of drug-likeness (QED) is 0.595. The molecule has 7 nitrogen and oxygen atoms in total. The van der Waals surface area contributed by atoms with Gasteiger partial charge in [0.2, 0.25) is 11.9 Å². The summed E-state index contributed by atoms with van der Waals surface area (Å²) in [6, 6.07) is 15.7. The van der Waals surface area contributed by atoms with Crippen LogP contribution in [0.1, 0.15) is 23.1 Å². The first kappa shape index (κ1) is 19.3. The lowest BCUT2D eigenvalue weighted by Crippen LogP contribution is -2.15. The number of halogens is 1. The molecule has 3 rings (SSSR count). The smallest absolute Gasteiger partial charge is 0.274 e. The monoisotopic (exact) mass is 395 g/mol. The first-order chi connectivity index (χ1) is 13.4. The van der Waals surface area contributed by atoms with E-state index in [-0.39, 0.29) is 17.5 Å². The second-order valence-corrected chi connectivity index (χ2v) is 6.45. The van der Waals surface area contributed by atoms with Crippen LogP contribution in [-0.2, 0) is 4.79 Å². The Morgan fingerprint density at radius 2 is 1.68 bits per heavy atom. The molecule has 0 saturated carbocycles. The number of rotatable bonds is 5. The summed E-state index contributed by atoms with van der Waals surface area (Å²) in [5.74, 6) is -0.291. The van der Waals surface area contributed by atoms with Gasteiger partial charge in [-0.2, -0.15) is 0 Å².